The van der Waals surface area contributed by atoms with Gasteiger partial charge in [0, 0.05) is 0 Å². The molecule has 1 nitrogen and oxygen atoms in total. The van der Waals surface area contributed by atoms with E-state index in [2.05, 4.69) is 43.3 Å². The van der Waals surface area contributed by atoms with Gasteiger partial charge < -0.3 is 4.74 Å². The van der Waals surface area contributed by atoms with Crippen LogP contribution in [0.25, 0.3) is 0 Å². The Morgan fingerprint density at radius 2 is 1.20 bits per heavy atom. The van der Waals surface area contributed by atoms with Crippen LogP contribution in [0.15, 0.2) is 60.7 Å². The average molecular weight is 493 g/mol. The number of aryl methyl sites for hydroxylation is 1. The quantitative estimate of drug-likeness (QED) is 0.288. The van der Waals surface area contributed by atoms with Gasteiger partial charge in [-0.05, 0) is 106 Å². The van der Waals surface area contributed by atoms with Gasteiger partial charge in [0.15, 0.2) is 0 Å². The number of hydrogen-bond acceptors (Lipinski definition) is 1. The third-order valence-corrected chi connectivity index (χ3v) is 7.66. The van der Waals surface area contributed by atoms with Gasteiger partial charge in [-0.15, -0.1) is 0 Å². The van der Waals surface area contributed by atoms with E-state index >= 15 is 0 Å². The lowest BCUT2D eigenvalue weighted by Crippen LogP contribution is -2.37. The lowest BCUT2D eigenvalue weighted by Gasteiger charge is -2.32. The number of alkyl halides is 5. The van der Waals surface area contributed by atoms with Gasteiger partial charge in [0.05, 0.1) is 11.5 Å². The Bertz CT molecular complexity index is 962. The number of benzene rings is 2. The molecule has 4 rings (SSSR count). The second kappa shape index (κ2) is 10.7. The van der Waals surface area contributed by atoms with Crippen LogP contribution >= 0.6 is 0 Å². The first-order valence-electron chi connectivity index (χ1n) is 12.6. The fourth-order valence-corrected chi connectivity index (χ4v) is 5.40. The predicted molar refractivity (Wildman–Crippen MR) is 127 cm³/mol. The van der Waals surface area contributed by atoms with Crippen LogP contribution in [0.1, 0.15) is 74.0 Å². The molecule has 2 fully saturated rings. The topological polar surface area (TPSA) is 9.23 Å². The molecule has 0 aromatic heterocycles. The van der Waals surface area contributed by atoms with E-state index in [1.165, 1.54) is 24.0 Å². The van der Waals surface area contributed by atoms with Crippen LogP contribution in [0.2, 0.25) is 0 Å². The van der Waals surface area contributed by atoms with Gasteiger partial charge in [-0.3, -0.25) is 0 Å². The van der Waals surface area contributed by atoms with Gasteiger partial charge >= 0.3 is 12.3 Å². The van der Waals surface area contributed by atoms with Crippen molar-refractivity contribution in [1.82, 2.24) is 0 Å². The third-order valence-electron chi connectivity index (χ3n) is 7.66. The molecule has 6 heteroatoms. The molecule has 0 amide bonds. The van der Waals surface area contributed by atoms with Crippen molar-refractivity contribution in [2.24, 2.45) is 17.8 Å². The minimum absolute atomic E-state index is 0.244. The second-order valence-electron chi connectivity index (χ2n) is 10.2. The zero-order valence-electron chi connectivity index (χ0n) is 20.0. The molecule has 0 N–H and O–H groups in total. The standard InChI is InChI=1S/C29H33F5O/c1-20-2-10-23(11-3-20)24-12-6-21(7-13-24)4-5-22-8-14-26(15-9-22)29(33,34)35-27-18-16-25(17-19-27)28(30,31)32/h2-5,10-11,16-19,21-22,24,26H,6-9,12-15H2,1H3/b5-4+. The monoisotopic (exact) mass is 492 g/mol. The van der Waals surface area contributed by atoms with E-state index in [4.69, 9.17) is 4.74 Å². The summed E-state index contributed by atoms with van der Waals surface area (Å²) in [7, 11) is 0. The van der Waals surface area contributed by atoms with E-state index in [1.54, 1.807) is 0 Å². The maximum Gasteiger partial charge on any atom is 0.416 e. The molecular weight excluding hydrogens is 459 g/mol. The fraction of sp³-hybridized carbons (Fsp3) is 0.517. The van der Waals surface area contributed by atoms with Crippen LogP contribution < -0.4 is 4.74 Å². The maximum absolute atomic E-state index is 14.7. The highest BCUT2D eigenvalue weighted by atomic mass is 19.4. The lowest BCUT2D eigenvalue weighted by molar-refractivity contribution is -0.223. The van der Waals surface area contributed by atoms with Crippen molar-refractivity contribution in [3.8, 4) is 5.75 Å². The second-order valence-corrected chi connectivity index (χ2v) is 10.2. The SMILES string of the molecule is Cc1ccc(C2CCC(/C=C/C3CCC(C(F)(F)Oc4ccc(C(F)(F)F)cc4)CC3)CC2)cc1. The number of hydrogen-bond donors (Lipinski definition) is 0. The molecule has 0 saturated heterocycles. The van der Waals surface area contributed by atoms with Crippen molar-refractivity contribution in [3.05, 3.63) is 77.4 Å². The Kier molecular flexibility index (Phi) is 7.87. The van der Waals surface area contributed by atoms with Crippen LogP contribution in [-0.4, -0.2) is 6.11 Å². The molecule has 190 valence electrons. The predicted octanol–water partition coefficient (Wildman–Crippen LogP) is 9.32. The van der Waals surface area contributed by atoms with Crippen LogP contribution in [0, 0.1) is 24.7 Å². The summed E-state index contributed by atoms with van der Waals surface area (Å²) >= 11 is 0. The van der Waals surface area contributed by atoms with Crippen molar-refractivity contribution in [2.75, 3.05) is 0 Å². The van der Waals surface area contributed by atoms with E-state index in [1.807, 2.05) is 0 Å². The molecule has 35 heavy (non-hydrogen) atoms. The largest absolute Gasteiger partial charge is 0.432 e. The molecule has 2 aromatic carbocycles. The molecule has 0 spiro atoms. The third kappa shape index (κ3) is 6.86. The minimum Gasteiger partial charge on any atom is -0.432 e. The molecule has 0 radical (unpaired) electrons. The first-order valence-corrected chi connectivity index (χ1v) is 12.6. The highest BCUT2D eigenvalue weighted by Gasteiger charge is 2.44. The first kappa shape index (κ1) is 25.7. The average Bonchev–Trinajstić information content (AvgIpc) is 2.83. The molecular formula is C29H33F5O. The lowest BCUT2D eigenvalue weighted by atomic mass is 9.77. The van der Waals surface area contributed by atoms with Crippen molar-refractivity contribution < 1.29 is 26.7 Å². The summed E-state index contributed by atoms with van der Waals surface area (Å²) in [4.78, 5) is 0. The zero-order chi connectivity index (χ0) is 25.1. The van der Waals surface area contributed by atoms with E-state index in [-0.39, 0.29) is 5.75 Å². The molecule has 2 saturated carbocycles. The molecule has 0 bridgehead atoms. The molecule has 0 heterocycles. The van der Waals surface area contributed by atoms with Gasteiger partial charge in [-0.25, -0.2) is 0 Å². The number of rotatable bonds is 6. The maximum atomic E-state index is 14.7. The number of allylic oxidation sites excluding steroid dienone is 2. The summed E-state index contributed by atoms with van der Waals surface area (Å²) in [5, 5.41) is 0. The number of halogens is 5. The van der Waals surface area contributed by atoms with Gasteiger partial charge in [-0.2, -0.15) is 22.0 Å². The molecule has 0 aliphatic heterocycles. The molecule has 0 unspecified atom stereocenters. The first-order chi connectivity index (χ1) is 16.6. The normalized spacial score (nSPS) is 26.1. The Morgan fingerprint density at radius 1 is 0.686 bits per heavy atom. The summed E-state index contributed by atoms with van der Waals surface area (Å²) in [5.74, 6) is 0.301. The summed E-state index contributed by atoms with van der Waals surface area (Å²) < 4.78 is 72.2. The van der Waals surface area contributed by atoms with Gasteiger partial charge in [0.2, 0.25) is 0 Å². The van der Waals surface area contributed by atoms with Crippen molar-refractivity contribution in [2.45, 2.75) is 76.5 Å². The van der Waals surface area contributed by atoms with Gasteiger partial charge in [0.25, 0.3) is 0 Å². The number of ether oxygens (including phenoxy) is 1. The highest BCUT2D eigenvalue weighted by molar-refractivity contribution is 5.29. The van der Waals surface area contributed by atoms with Crippen LogP contribution in [0.4, 0.5) is 22.0 Å². The molecule has 2 aliphatic rings. The summed E-state index contributed by atoms with van der Waals surface area (Å²) in [6, 6.07) is 12.3. The van der Waals surface area contributed by atoms with Crippen LogP contribution in [0.3, 0.4) is 0 Å². The Morgan fingerprint density at radius 3 is 1.71 bits per heavy atom. The highest BCUT2D eigenvalue weighted by Crippen LogP contribution is 2.42. The van der Waals surface area contributed by atoms with Gasteiger partial charge in [0.1, 0.15) is 5.75 Å². The van der Waals surface area contributed by atoms with E-state index in [9.17, 15) is 22.0 Å². The van der Waals surface area contributed by atoms with Crippen LogP contribution in [0.5, 0.6) is 5.75 Å². The van der Waals surface area contributed by atoms with E-state index in [0.29, 0.717) is 43.4 Å². The Labute approximate surface area is 204 Å². The summed E-state index contributed by atoms with van der Waals surface area (Å²) in [5.41, 5.74) is 1.82. The zero-order valence-corrected chi connectivity index (χ0v) is 20.0. The van der Waals surface area contributed by atoms with Crippen molar-refractivity contribution in [1.29, 1.82) is 0 Å². The molecule has 2 aliphatic carbocycles. The van der Waals surface area contributed by atoms with E-state index in [0.717, 1.165) is 37.1 Å². The Hall–Kier alpha value is -2.37. The summed E-state index contributed by atoms with van der Waals surface area (Å²) in [6.07, 6.45) is 3.30. The summed E-state index contributed by atoms with van der Waals surface area (Å²) in [6.45, 7) is 2.10. The van der Waals surface area contributed by atoms with Crippen LogP contribution in [-0.2, 0) is 6.18 Å². The van der Waals surface area contributed by atoms with Crippen molar-refractivity contribution in [3.63, 3.8) is 0 Å². The molecule has 2 aromatic rings. The Balaban J connectivity index is 1.22. The van der Waals surface area contributed by atoms with E-state index < -0.39 is 23.8 Å². The fourth-order valence-electron chi connectivity index (χ4n) is 5.40. The smallest absolute Gasteiger partial charge is 0.416 e. The minimum atomic E-state index is -4.51. The van der Waals surface area contributed by atoms with Crippen molar-refractivity contribution >= 4 is 0 Å². The molecule has 0 atom stereocenters. The van der Waals surface area contributed by atoms with Gasteiger partial charge in [-0.1, -0.05) is 42.0 Å².